The molecule has 0 saturated heterocycles. The number of allylic oxidation sites excluding steroid dienone is 1. The fraction of sp³-hybridized carbons (Fsp3) is 0.333. The molecule has 0 radical (unpaired) electrons. The third-order valence-electron chi connectivity index (χ3n) is 4.04. The topological polar surface area (TPSA) is 0 Å². The van der Waals surface area contributed by atoms with Crippen LogP contribution in [0.2, 0.25) is 0 Å². The van der Waals surface area contributed by atoms with Crippen LogP contribution in [0.4, 0.5) is 8.78 Å². The molecule has 0 atom stereocenters. The normalized spacial score (nSPS) is 10.6. The fourth-order valence-electron chi connectivity index (χ4n) is 2.65. The van der Waals surface area contributed by atoms with Gasteiger partial charge in [0.05, 0.1) is 0 Å². The van der Waals surface area contributed by atoms with Crippen LogP contribution in [0.1, 0.15) is 43.7 Å². The number of rotatable bonds is 8. The van der Waals surface area contributed by atoms with Gasteiger partial charge in [0.2, 0.25) is 0 Å². The highest BCUT2D eigenvalue weighted by Crippen LogP contribution is 2.21. The van der Waals surface area contributed by atoms with Gasteiger partial charge in [0.25, 0.3) is 6.08 Å². The molecule has 122 valence electrons. The summed E-state index contributed by atoms with van der Waals surface area (Å²) in [4.78, 5) is 0. The Balaban J connectivity index is 1.95. The Labute approximate surface area is 137 Å². The van der Waals surface area contributed by atoms with Gasteiger partial charge in [0.15, 0.2) is 0 Å². The fourth-order valence-corrected chi connectivity index (χ4v) is 2.65. The van der Waals surface area contributed by atoms with E-state index >= 15 is 0 Å². The van der Waals surface area contributed by atoms with Crippen molar-refractivity contribution < 1.29 is 8.78 Å². The average molecular weight is 314 g/mol. The number of hydrogen-bond acceptors (Lipinski definition) is 0. The predicted octanol–water partition coefficient (Wildman–Crippen LogP) is 6.80. The molecule has 0 aliphatic carbocycles. The lowest BCUT2D eigenvalue weighted by molar-refractivity contribution is 0.417. The molecule has 0 saturated carbocycles. The molecule has 0 amide bonds. The Kier molecular flexibility index (Phi) is 6.99. The van der Waals surface area contributed by atoms with E-state index < -0.39 is 6.08 Å². The minimum atomic E-state index is -1.60. The van der Waals surface area contributed by atoms with E-state index in [-0.39, 0.29) is 0 Å². The summed E-state index contributed by atoms with van der Waals surface area (Å²) in [6.45, 7) is 2.22. The molecule has 0 unspecified atom stereocenters. The van der Waals surface area contributed by atoms with E-state index in [9.17, 15) is 8.78 Å². The van der Waals surface area contributed by atoms with Crippen LogP contribution < -0.4 is 0 Å². The molecule has 0 fully saturated rings. The molecule has 2 aromatic rings. The maximum atomic E-state index is 12.0. The zero-order valence-electron chi connectivity index (χ0n) is 13.7. The molecule has 0 aliphatic heterocycles. The van der Waals surface area contributed by atoms with Crippen molar-refractivity contribution in [1.29, 1.82) is 0 Å². The van der Waals surface area contributed by atoms with E-state index in [1.807, 2.05) is 12.1 Å². The molecule has 2 heteroatoms. The van der Waals surface area contributed by atoms with Crippen molar-refractivity contribution in [2.75, 3.05) is 0 Å². The van der Waals surface area contributed by atoms with Gasteiger partial charge in [-0.25, -0.2) is 0 Å². The molecule has 0 bridgehead atoms. The molecule has 0 heterocycles. The molecule has 0 N–H and O–H groups in total. The minimum Gasteiger partial charge on any atom is -0.174 e. The largest absolute Gasteiger partial charge is 0.266 e. The Morgan fingerprint density at radius 2 is 1.30 bits per heavy atom. The van der Waals surface area contributed by atoms with E-state index in [2.05, 4.69) is 43.3 Å². The molecular formula is C21H24F2. The van der Waals surface area contributed by atoms with Gasteiger partial charge in [-0.2, -0.15) is 8.78 Å². The Hall–Kier alpha value is -1.96. The lowest BCUT2D eigenvalue weighted by Crippen LogP contribution is -1.87. The summed E-state index contributed by atoms with van der Waals surface area (Å²) in [5.74, 6) is 0. The summed E-state index contributed by atoms with van der Waals surface area (Å²) in [7, 11) is 0. The van der Waals surface area contributed by atoms with Gasteiger partial charge in [-0.15, -0.1) is 0 Å². The molecule has 2 rings (SSSR count). The van der Waals surface area contributed by atoms with E-state index in [1.165, 1.54) is 36.0 Å². The van der Waals surface area contributed by atoms with Crippen LogP contribution in [0.5, 0.6) is 0 Å². The van der Waals surface area contributed by atoms with Gasteiger partial charge in [-0.05, 0) is 54.0 Å². The van der Waals surface area contributed by atoms with Gasteiger partial charge in [-0.3, -0.25) is 0 Å². The van der Waals surface area contributed by atoms with Crippen molar-refractivity contribution in [3.8, 4) is 11.1 Å². The highest BCUT2D eigenvalue weighted by molar-refractivity contribution is 5.63. The molecule has 23 heavy (non-hydrogen) atoms. The van der Waals surface area contributed by atoms with Gasteiger partial charge >= 0.3 is 0 Å². The number of halogens is 2. The summed E-state index contributed by atoms with van der Waals surface area (Å²) in [6, 6.07) is 16.9. The average Bonchev–Trinajstić information content (AvgIpc) is 2.56. The molecule has 2 aromatic carbocycles. The Bertz CT molecular complexity index is 605. The van der Waals surface area contributed by atoms with Crippen molar-refractivity contribution in [3.05, 3.63) is 71.8 Å². The van der Waals surface area contributed by atoms with Gasteiger partial charge in [-0.1, -0.05) is 68.3 Å². The second-order valence-electron chi connectivity index (χ2n) is 5.88. The van der Waals surface area contributed by atoms with Crippen molar-refractivity contribution in [2.24, 2.45) is 0 Å². The molecular weight excluding hydrogens is 290 g/mol. The Morgan fingerprint density at radius 1 is 0.783 bits per heavy atom. The van der Waals surface area contributed by atoms with Crippen molar-refractivity contribution in [3.63, 3.8) is 0 Å². The van der Waals surface area contributed by atoms with E-state index in [0.717, 1.165) is 18.1 Å². The van der Waals surface area contributed by atoms with Crippen LogP contribution in [-0.4, -0.2) is 0 Å². The zero-order valence-corrected chi connectivity index (χ0v) is 13.7. The SMILES string of the molecule is CCCCCc1ccc(-c2ccc(CCC=C(F)F)cc2)cc1. The summed E-state index contributed by atoms with van der Waals surface area (Å²) >= 11 is 0. The number of hydrogen-bond donors (Lipinski definition) is 0. The molecule has 0 spiro atoms. The zero-order chi connectivity index (χ0) is 16.5. The van der Waals surface area contributed by atoms with Gasteiger partial charge < -0.3 is 0 Å². The number of benzene rings is 2. The van der Waals surface area contributed by atoms with E-state index in [0.29, 0.717) is 12.8 Å². The predicted molar refractivity (Wildman–Crippen MR) is 93.7 cm³/mol. The number of unbranched alkanes of at least 4 members (excludes halogenated alkanes) is 2. The first-order valence-electron chi connectivity index (χ1n) is 8.38. The Morgan fingerprint density at radius 3 is 1.78 bits per heavy atom. The van der Waals surface area contributed by atoms with Gasteiger partial charge in [0, 0.05) is 0 Å². The lowest BCUT2D eigenvalue weighted by Gasteiger charge is -2.06. The maximum absolute atomic E-state index is 12.0. The maximum Gasteiger partial charge on any atom is 0.266 e. The first-order chi connectivity index (χ1) is 11.2. The quantitative estimate of drug-likeness (QED) is 0.470. The van der Waals surface area contributed by atoms with Crippen molar-refractivity contribution in [1.82, 2.24) is 0 Å². The smallest absolute Gasteiger partial charge is 0.174 e. The van der Waals surface area contributed by atoms with Crippen molar-refractivity contribution >= 4 is 0 Å². The molecule has 0 aromatic heterocycles. The number of aryl methyl sites for hydroxylation is 2. The second-order valence-corrected chi connectivity index (χ2v) is 5.88. The highest BCUT2D eigenvalue weighted by Gasteiger charge is 2.00. The van der Waals surface area contributed by atoms with Crippen LogP contribution in [0, 0.1) is 0 Å². The van der Waals surface area contributed by atoms with Crippen LogP contribution in [0.3, 0.4) is 0 Å². The first kappa shape index (κ1) is 17.4. The minimum absolute atomic E-state index is 0.383. The van der Waals surface area contributed by atoms with E-state index in [4.69, 9.17) is 0 Å². The van der Waals surface area contributed by atoms with Crippen LogP contribution in [0.25, 0.3) is 11.1 Å². The summed E-state index contributed by atoms with van der Waals surface area (Å²) in [6.07, 6.45) is 5.33. The third kappa shape index (κ3) is 5.97. The van der Waals surface area contributed by atoms with Gasteiger partial charge in [0.1, 0.15) is 0 Å². The first-order valence-corrected chi connectivity index (χ1v) is 8.38. The summed E-state index contributed by atoms with van der Waals surface area (Å²) in [5.41, 5.74) is 4.84. The van der Waals surface area contributed by atoms with E-state index in [1.54, 1.807) is 0 Å². The summed E-state index contributed by atoms with van der Waals surface area (Å²) < 4.78 is 24.0. The van der Waals surface area contributed by atoms with Crippen LogP contribution in [0.15, 0.2) is 60.7 Å². The standard InChI is InChI=1S/C21H24F2/c1-2-3-4-6-17-9-13-19(14-10-17)20-15-11-18(12-16-20)7-5-8-21(22)23/h8-16H,2-7H2,1H3. The highest BCUT2D eigenvalue weighted by atomic mass is 19.3. The van der Waals surface area contributed by atoms with Crippen molar-refractivity contribution in [2.45, 2.75) is 45.4 Å². The molecule has 0 nitrogen and oxygen atoms in total. The second kappa shape index (κ2) is 9.24. The summed E-state index contributed by atoms with van der Waals surface area (Å²) in [5, 5.41) is 0. The molecule has 0 aliphatic rings. The lowest BCUT2D eigenvalue weighted by atomic mass is 9.99. The third-order valence-corrected chi connectivity index (χ3v) is 4.04. The monoisotopic (exact) mass is 314 g/mol. The van der Waals surface area contributed by atoms with Crippen LogP contribution in [-0.2, 0) is 12.8 Å². The van der Waals surface area contributed by atoms with Crippen LogP contribution >= 0.6 is 0 Å².